The van der Waals surface area contributed by atoms with Crippen LogP contribution in [0.1, 0.15) is 18.2 Å². The second-order valence-electron chi connectivity index (χ2n) is 4.11. The van der Waals surface area contributed by atoms with E-state index in [2.05, 4.69) is 5.32 Å². The van der Waals surface area contributed by atoms with Gasteiger partial charge >= 0.3 is 6.18 Å². The Balaban J connectivity index is 2.25. The molecule has 0 radical (unpaired) electrons. The molecule has 0 bridgehead atoms. The van der Waals surface area contributed by atoms with Crippen LogP contribution in [0.15, 0.2) is 41.0 Å². The summed E-state index contributed by atoms with van der Waals surface area (Å²) in [6, 6.07) is 6.85. The lowest BCUT2D eigenvalue weighted by atomic mass is 10.0. The van der Waals surface area contributed by atoms with Crippen molar-refractivity contribution < 1.29 is 17.6 Å². The SMILES string of the molecule is CCNCc1occc1-c1ccc(C(F)(F)F)cc1. The minimum absolute atomic E-state index is 0.555. The van der Waals surface area contributed by atoms with Gasteiger partial charge in [0.1, 0.15) is 5.76 Å². The lowest BCUT2D eigenvalue weighted by Gasteiger charge is -2.08. The third-order valence-electron chi connectivity index (χ3n) is 2.80. The second-order valence-corrected chi connectivity index (χ2v) is 4.11. The van der Waals surface area contributed by atoms with E-state index in [1.807, 2.05) is 6.92 Å². The fourth-order valence-corrected chi connectivity index (χ4v) is 1.81. The summed E-state index contributed by atoms with van der Waals surface area (Å²) in [5.41, 5.74) is 0.886. The zero-order valence-corrected chi connectivity index (χ0v) is 10.4. The standard InChI is InChI=1S/C14H14F3NO/c1-2-18-9-13-12(7-8-19-13)10-3-5-11(6-4-10)14(15,16)17/h3-8,18H,2,9H2,1H3. The normalized spacial score (nSPS) is 11.8. The minimum Gasteiger partial charge on any atom is -0.467 e. The monoisotopic (exact) mass is 269 g/mol. The van der Waals surface area contributed by atoms with Gasteiger partial charge in [0.25, 0.3) is 0 Å². The zero-order valence-electron chi connectivity index (χ0n) is 10.4. The van der Waals surface area contributed by atoms with Gasteiger partial charge in [-0.3, -0.25) is 0 Å². The first-order valence-corrected chi connectivity index (χ1v) is 5.97. The Kier molecular flexibility index (Phi) is 3.95. The fourth-order valence-electron chi connectivity index (χ4n) is 1.81. The summed E-state index contributed by atoms with van der Waals surface area (Å²) >= 11 is 0. The molecule has 2 nitrogen and oxygen atoms in total. The molecule has 0 unspecified atom stereocenters. The largest absolute Gasteiger partial charge is 0.467 e. The molecule has 0 saturated carbocycles. The third kappa shape index (κ3) is 3.17. The van der Waals surface area contributed by atoms with E-state index in [1.54, 1.807) is 12.3 Å². The topological polar surface area (TPSA) is 25.2 Å². The van der Waals surface area contributed by atoms with Crippen LogP contribution in [0.2, 0.25) is 0 Å². The van der Waals surface area contributed by atoms with Crippen LogP contribution in [-0.4, -0.2) is 6.54 Å². The van der Waals surface area contributed by atoms with Crippen LogP contribution in [-0.2, 0) is 12.7 Å². The van der Waals surface area contributed by atoms with E-state index in [-0.39, 0.29) is 0 Å². The Labute approximate surface area is 109 Å². The second kappa shape index (κ2) is 5.48. The Hall–Kier alpha value is -1.75. The lowest BCUT2D eigenvalue weighted by Crippen LogP contribution is -2.11. The van der Waals surface area contributed by atoms with Crippen LogP contribution < -0.4 is 5.32 Å². The Morgan fingerprint density at radius 2 is 1.79 bits per heavy atom. The van der Waals surface area contributed by atoms with Gasteiger partial charge in [0, 0.05) is 5.56 Å². The fraction of sp³-hybridized carbons (Fsp3) is 0.286. The summed E-state index contributed by atoms with van der Waals surface area (Å²) in [4.78, 5) is 0. The van der Waals surface area contributed by atoms with Gasteiger partial charge in [-0.25, -0.2) is 0 Å². The molecule has 0 aliphatic rings. The van der Waals surface area contributed by atoms with E-state index in [9.17, 15) is 13.2 Å². The first-order valence-electron chi connectivity index (χ1n) is 5.97. The molecule has 102 valence electrons. The van der Waals surface area contributed by atoms with Crippen molar-refractivity contribution in [1.82, 2.24) is 5.32 Å². The molecule has 0 atom stereocenters. The predicted molar refractivity (Wildman–Crippen MR) is 66.5 cm³/mol. The highest BCUT2D eigenvalue weighted by Gasteiger charge is 2.30. The summed E-state index contributed by atoms with van der Waals surface area (Å²) in [6.45, 7) is 3.33. The quantitative estimate of drug-likeness (QED) is 0.904. The summed E-state index contributed by atoms with van der Waals surface area (Å²) in [6.07, 6.45) is -2.76. The molecule has 19 heavy (non-hydrogen) atoms. The van der Waals surface area contributed by atoms with Gasteiger partial charge < -0.3 is 9.73 Å². The van der Waals surface area contributed by atoms with Crippen molar-refractivity contribution >= 4 is 0 Å². The molecule has 0 spiro atoms. The summed E-state index contributed by atoms with van der Waals surface area (Å²) in [5.74, 6) is 0.724. The Morgan fingerprint density at radius 3 is 2.37 bits per heavy atom. The Morgan fingerprint density at radius 1 is 1.11 bits per heavy atom. The average molecular weight is 269 g/mol. The zero-order chi connectivity index (χ0) is 13.9. The van der Waals surface area contributed by atoms with Crippen molar-refractivity contribution in [3.63, 3.8) is 0 Å². The summed E-state index contributed by atoms with van der Waals surface area (Å²) < 4.78 is 42.8. The van der Waals surface area contributed by atoms with Crippen LogP contribution >= 0.6 is 0 Å². The van der Waals surface area contributed by atoms with E-state index < -0.39 is 11.7 Å². The molecular formula is C14H14F3NO. The van der Waals surface area contributed by atoms with Gasteiger partial charge in [-0.15, -0.1) is 0 Å². The van der Waals surface area contributed by atoms with Crippen LogP contribution in [0.5, 0.6) is 0 Å². The van der Waals surface area contributed by atoms with Crippen molar-refractivity contribution in [2.75, 3.05) is 6.54 Å². The molecule has 1 aromatic heterocycles. The summed E-state index contributed by atoms with van der Waals surface area (Å²) in [5, 5.41) is 3.12. The minimum atomic E-state index is -4.30. The van der Waals surface area contributed by atoms with E-state index in [4.69, 9.17) is 4.42 Å². The molecule has 0 amide bonds. The molecule has 1 heterocycles. The molecule has 0 saturated heterocycles. The van der Waals surface area contributed by atoms with Gasteiger partial charge in [0.05, 0.1) is 18.4 Å². The molecular weight excluding hydrogens is 255 g/mol. The highest BCUT2D eigenvalue weighted by Crippen LogP contribution is 2.32. The first-order chi connectivity index (χ1) is 9.02. The highest BCUT2D eigenvalue weighted by molar-refractivity contribution is 5.65. The van der Waals surface area contributed by atoms with E-state index in [1.165, 1.54) is 12.1 Å². The number of rotatable bonds is 4. The van der Waals surface area contributed by atoms with Crippen molar-refractivity contribution in [3.05, 3.63) is 47.9 Å². The maximum absolute atomic E-state index is 12.5. The average Bonchev–Trinajstić information content (AvgIpc) is 2.83. The van der Waals surface area contributed by atoms with E-state index >= 15 is 0 Å². The van der Waals surface area contributed by atoms with Gasteiger partial charge in [0.15, 0.2) is 0 Å². The van der Waals surface area contributed by atoms with Crippen LogP contribution in [0.3, 0.4) is 0 Å². The number of halogens is 3. The molecule has 2 aromatic rings. The molecule has 1 aromatic carbocycles. The predicted octanol–water partition coefficient (Wildman–Crippen LogP) is 4.07. The number of hydrogen-bond donors (Lipinski definition) is 1. The van der Waals surface area contributed by atoms with Gasteiger partial charge in [-0.2, -0.15) is 13.2 Å². The summed E-state index contributed by atoms with van der Waals surface area (Å²) in [7, 11) is 0. The molecule has 0 fully saturated rings. The van der Waals surface area contributed by atoms with Crippen molar-refractivity contribution in [1.29, 1.82) is 0 Å². The molecule has 0 aliphatic carbocycles. The number of furan rings is 1. The number of hydrogen-bond acceptors (Lipinski definition) is 2. The number of benzene rings is 1. The highest BCUT2D eigenvalue weighted by atomic mass is 19.4. The van der Waals surface area contributed by atoms with Crippen LogP contribution in [0.4, 0.5) is 13.2 Å². The third-order valence-corrected chi connectivity index (χ3v) is 2.80. The molecule has 1 N–H and O–H groups in total. The van der Waals surface area contributed by atoms with Crippen molar-refractivity contribution in [3.8, 4) is 11.1 Å². The van der Waals surface area contributed by atoms with Crippen molar-refractivity contribution in [2.45, 2.75) is 19.6 Å². The van der Waals surface area contributed by atoms with E-state index in [0.717, 1.165) is 35.6 Å². The lowest BCUT2D eigenvalue weighted by molar-refractivity contribution is -0.137. The molecule has 5 heteroatoms. The Bertz CT molecular complexity index is 528. The molecule has 0 aliphatic heterocycles. The maximum Gasteiger partial charge on any atom is 0.416 e. The number of nitrogens with one attached hydrogen (secondary N) is 1. The van der Waals surface area contributed by atoms with Crippen LogP contribution in [0.25, 0.3) is 11.1 Å². The van der Waals surface area contributed by atoms with E-state index in [0.29, 0.717) is 6.54 Å². The smallest absolute Gasteiger partial charge is 0.416 e. The first kappa shape index (κ1) is 13.7. The van der Waals surface area contributed by atoms with Gasteiger partial charge in [-0.05, 0) is 30.3 Å². The van der Waals surface area contributed by atoms with Crippen LogP contribution in [0, 0.1) is 0 Å². The van der Waals surface area contributed by atoms with Crippen molar-refractivity contribution in [2.24, 2.45) is 0 Å². The number of alkyl halides is 3. The maximum atomic E-state index is 12.5. The molecule has 2 rings (SSSR count). The van der Waals surface area contributed by atoms with Gasteiger partial charge in [0.2, 0.25) is 0 Å². The van der Waals surface area contributed by atoms with Gasteiger partial charge in [-0.1, -0.05) is 19.1 Å².